The van der Waals surface area contributed by atoms with E-state index in [0.717, 1.165) is 25.1 Å². The molecule has 0 unspecified atom stereocenters. The molecule has 1 aliphatic heterocycles. The van der Waals surface area contributed by atoms with E-state index in [1.54, 1.807) is 18.2 Å². The maximum absolute atomic E-state index is 11.8. The van der Waals surface area contributed by atoms with E-state index < -0.39 is 0 Å². The van der Waals surface area contributed by atoms with Crippen molar-refractivity contribution >= 4 is 46.0 Å². The minimum absolute atomic E-state index is 0.188. The summed E-state index contributed by atoms with van der Waals surface area (Å²) in [5.74, 6) is 0.517. The molecule has 4 N–H and O–H groups in total. The molecule has 0 aromatic heterocycles. The largest absolute Gasteiger partial charge is 0.493 e. The van der Waals surface area contributed by atoms with Crippen LogP contribution in [-0.4, -0.2) is 29.9 Å². The second-order valence-electron chi connectivity index (χ2n) is 5.12. The number of nitrogens with two attached hydrogens (primary N) is 1. The zero-order valence-corrected chi connectivity index (χ0v) is 15.1. The molecule has 5 nitrogen and oxygen atoms in total. The first kappa shape index (κ1) is 18.5. The average molecular weight is 364 g/mol. The molecule has 1 aromatic carbocycles. The van der Waals surface area contributed by atoms with E-state index >= 15 is 0 Å². The lowest BCUT2D eigenvalue weighted by Gasteiger charge is -2.10. The number of hydrogen-bond acceptors (Lipinski definition) is 6. The van der Waals surface area contributed by atoms with Crippen LogP contribution in [0.1, 0.15) is 18.9 Å². The Labute approximate surface area is 151 Å². The number of ether oxygens (including phenoxy) is 1. The number of carbonyl (C=O) groups excluding carboxylic acids is 1. The SMILES string of the molecule is C/C=C\CNCCCOc1ccc(N)cc1/C=C1\SC(=S)NC1=O. The summed E-state index contributed by atoms with van der Waals surface area (Å²) in [6.07, 6.45) is 6.73. The number of anilines is 1. The van der Waals surface area contributed by atoms with Gasteiger partial charge in [-0.2, -0.15) is 0 Å². The number of allylic oxidation sites excluding steroid dienone is 1. The van der Waals surface area contributed by atoms with Crippen LogP contribution in [0, 0.1) is 0 Å². The highest BCUT2D eigenvalue weighted by molar-refractivity contribution is 8.26. The van der Waals surface area contributed by atoms with Crippen molar-refractivity contribution in [1.82, 2.24) is 10.6 Å². The predicted octanol–water partition coefficient (Wildman–Crippen LogP) is 2.69. The van der Waals surface area contributed by atoms with Crippen LogP contribution in [0.3, 0.4) is 0 Å². The molecule has 24 heavy (non-hydrogen) atoms. The minimum Gasteiger partial charge on any atom is -0.493 e. The van der Waals surface area contributed by atoms with Gasteiger partial charge in [-0.15, -0.1) is 0 Å². The maximum Gasteiger partial charge on any atom is 0.263 e. The fourth-order valence-corrected chi connectivity index (χ4v) is 3.09. The fourth-order valence-electron chi connectivity index (χ4n) is 2.06. The lowest BCUT2D eigenvalue weighted by Crippen LogP contribution is -2.17. The number of rotatable bonds is 8. The summed E-state index contributed by atoms with van der Waals surface area (Å²) in [4.78, 5) is 12.3. The molecule has 2 rings (SSSR count). The topological polar surface area (TPSA) is 76.4 Å². The van der Waals surface area contributed by atoms with Crippen LogP contribution >= 0.6 is 24.0 Å². The Kier molecular flexibility index (Phi) is 7.30. The molecule has 0 bridgehead atoms. The van der Waals surface area contributed by atoms with Crippen LogP contribution in [-0.2, 0) is 4.79 Å². The first-order valence-electron chi connectivity index (χ1n) is 7.69. The van der Waals surface area contributed by atoms with Gasteiger partial charge >= 0.3 is 0 Å². The fraction of sp³-hybridized carbons (Fsp3) is 0.294. The average Bonchev–Trinajstić information content (AvgIpc) is 2.86. The van der Waals surface area contributed by atoms with Gasteiger partial charge in [0.15, 0.2) is 0 Å². The van der Waals surface area contributed by atoms with Crippen molar-refractivity contribution in [3.8, 4) is 5.75 Å². The van der Waals surface area contributed by atoms with Crippen LogP contribution in [0.25, 0.3) is 6.08 Å². The highest BCUT2D eigenvalue weighted by Crippen LogP contribution is 2.30. The van der Waals surface area contributed by atoms with E-state index in [4.69, 9.17) is 22.7 Å². The molecule has 7 heteroatoms. The smallest absolute Gasteiger partial charge is 0.263 e. The zero-order chi connectivity index (χ0) is 17.4. The van der Waals surface area contributed by atoms with Gasteiger partial charge in [0.05, 0.1) is 11.5 Å². The maximum atomic E-state index is 11.8. The highest BCUT2D eigenvalue weighted by atomic mass is 32.2. The Hall–Kier alpha value is -1.83. The Balaban J connectivity index is 1.96. The molecule has 1 saturated heterocycles. The standard InChI is InChI=1S/C17H21N3O2S2/c1-2-3-7-19-8-4-9-22-14-6-5-13(18)10-12(14)11-15-16(21)20-17(23)24-15/h2-3,5-6,10-11,19H,4,7-9,18H2,1H3,(H,20,21,23)/b3-2-,15-11-. The van der Waals surface area contributed by atoms with Gasteiger partial charge in [0.25, 0.3) is 5.91 Å². The number of thiocarbonyl (C=S) groups is 1. The summed E-state index contributed by atoms with van der Waals surface area (Å²) in [7, 11) is 0. The van der Waals surface area contributed by atoms with Crippen LogP contribution in [0.4, 0.5) is 5.69 Å². The van der Waals surface area contributed by atoms with Crippen molar-refractivity contribution in [2.45, 2.75) is 13.3 Å². The molecule has 1 aliphatic rings. The molecule has 0 atom stereocenters. The molecule has 0 spiro atoms. The molecule has 128 valence electrons. The Morgan fingerprint density at radius 1 is 1.46 bits per heavy atom. The second kappa shape index (κ2) is 9.46. The van der Waals surface area contributed by atoms with Crippen molar-refractivity contribution in [2.75, 3.05) is 25.4 Å². The van der Waals surface area contributed by atoms with E-state index in [1.807, 2.05) is 19.1 Å². The molecule has 1 amide bonds. The summed E-state index contributed by atoms with van der Waals surface area (Å²) >= 11 is 6.24. The van der Waals surface area contributed by atoms with Gasteiger partial charge < -0.3 is 21.1 Å². The number of nitrogen functional groups attached to an aromatic ring is 1. The van der Waals surface area contributed by atoms with E-state index in [1.165, 1.54) is 11.8 Å². The third kappa shape index (κ3) is 5.67. The van der Waals surface area contributed by atoms with Crippen molar-refractivity contribution in [3.05, 3.63) is 40.8 Å². The molecule has 0 saturated carbocycles. The second-order valence-corrected chi connectivity index (χ2v) is 6.84. The first-order valence-corrected chi connectivity index (χ1v) is 8.91. The van der Waals surface area contributed by atoms with Crippen molar-refractivity contribution < 1.29 is 9.53 Å². The summed E-state index contributed by atoms with van der Waals surface area (Å²) in [5, 5.41) is 5.90. The monoisotopic (exact) mass is 363 g/mol. The van der Waals surface area contributed by atoms with Crippen molar-refractivity contribution in [2.24, 2.45) is 0 Å². The summed E-state index contributed by atoms with van der Waals surface area (Å²) in [5.41, 5.74) is 7.25. The van der Waals surface area contributed by atoms with Gasteiger partial charge in [-0.1, -0.05) is 36.1 Å². The lowest BCUT2D eigenvalue weighted by atomic mass is 10.1. The van der Waals surface area contributed by atoms with E-state index in [0.29, 0.717) is 27.3 Å². The summed E-state index contributed by atoms with van der Waals surface area (Å²) < 4.78 is 6.30. The van der Waals surface area contributed by atoms with Gasteiger partial charge in [-0.25, -0.2) is 0 Å². The molecule has 1 fully saturated rings. The van der Waals surface area contributed by atoms with E-state index in [-0.39, 0.29) is 5.91 Å². The molecule has 1 heterocycles. The molecule has 0 aliphatic carbocycles. The van der Waals surface area contributed by atoms with Gasteiger partial charge in [0, 0.05) is 17.8 Å². The van der Waals surface area contributed by atoms with Gasteiger partial charge in [-0.3, -0.25) is 4.79 Å². The third-order valence-electron chi connectivity index (χ3n) is 3.22. The van der Waals surface area contributed by atoms with Crippen LogP contribution in [0.5, 0.6) is 5.75 Å². The van der Waals surface area contributed by atoms with Gasteiger partial charge in [0.1, 0.15) is 10.1 Å². The van der Waals surface area contributed by atoms with Crippen LogP contribution < -0.4 is 21.1 Å². The molecular weight excluding hydrogens is 342 g/mol. The Bertz CT molecular complexity index is 672. The number of carbonyl (C=O) groups is 1. The number of amides is 1. The van der Waals surface area contributed by atoms with E-state index in [9.17, 15) is 4.79 Å². The molecule has 1 aromatic rings. The first-order chi connectivity index (χ1) is 11.6. The van der Waals surface area contributed by atoms with E-state index in [2.05, 4.69) is 16.7 Å². The molecular formula is C17H21N3O2S2. The Morgan fingerprint density at radius 2 is 2.29 bits per heavy atom. The number of thioether (sulfide) groups is 1. The van der Waals surface area contributed by atoms with Gasteiger partial charge in [0.2, 0.25) is 0 Å². The quantitative estimate of drug-likeness (QED) is 0.217. The van der Waals surface area contributed by atoms with Gasteiger partial charge in [-0.05, 0) is 44.2 Å². The Morgan fingerprint density at radius 3 is 3.00 bits per heavy atom. The number of benzene rings is 1. The van der Waals surface area contributed by atoms with Crippen molar-refractivity contribution in [1.29, 1.82) is 0 Å². The minimum atomic E-state index is -0.188. The highest BCUT2D eigenvalue weighted by Gasteiger charge is 2.22. The van der Waals surface area contributed by atoms with Crippen molar-refractivity contribution in [3.63, 3.8) is 0 Å². The number of hydrogen-bond donors (Lipinski definition) is 3. The molecule has 0 radical (unpaired) electrons. The lowest BCUT2D eigenvalue weighted by molar-refractivity contribution is -0.115. The normalized spacial score (nSPS) is 16.1. The van der Waals surface area contributed by atoms with Crippen LogP contribution in [0.2, 0.25) is 0 Å². The number of nitrogens with one attached hydrogen (secondary N) is 2. The predicted molar refractivity (Wildman–Crippen MR) is 105 cm³/mol. The summed E-state index contributed by atoms with van der Waals surface area (Å²) in [6.45, 7) is 4.32. The zero-order valence-electron chi connectivity index (χ0n) is 13.5. The third-order valence-corrected chi connectivity index (χ3v) is 4.38. The summed E-state index contributed by atoms with van der Waals surface area (Å²) in [6, 6.07) is 5.40. The van der Waals surface area contributed by atoms with Crippen LogP contribution in [0.15, 0.2) is 35.3 Å².